The summed E-state index contributed by atoms with van der Waals surface area (Å²) in [6, 6.07) is 20.2. The molecule has 15 heteroatoms. The minimum atomic E-state index is -1.11. The van der Waals surface area contributed by atoms with E-state index in [1.165, 1.54) is 6.07 Å². The maximum Gasteiger partial charge on any atom is 0.262 e. The van der Waals surface area contributed by atoms with Crippen LogP contribution in [0.5, 0.6) is 0 Å². The number of benzene rings is 3. The van der Waals surface area contributed by atoms with Crippen LogP contribution >= 0.6 is 0 Å². The van der Waals surface area contributed by atoms with Gasteiger partial charge < -0.3 is 15.5 Å². The highest BCUT2D eigenvalue weighted by Crippen LogP contribution is 2.31. The summed E-state index contributed by atoms with van der Waals surface area (Å²) in [6.07, 6.45) is 6.77. The van der Waals surface area contributed by atoms with Gasteiger partial charge in [0.1, 0.15) is 11.9 Å². The maximum atomic E-state index is 15.4. The summed E-state index contributed by atoms with van der Waals surface area (Å²) >= 11 is 0. The number of rotatable bonds is 10. The summed E-state index contributed by atoms with van der Waals surface area (Å²) in [4.78, 5) is 82.0. The number of halogens is 1. The van der Waals surface area contributed by atoms with Gasteiger partial charge in [0.15, 0.2) is 0 Å². The number of nitrogens with zero attached hydrogens (tertiary/aromatic N) is 6. The quantitative estimate of drug-likeness (QED) is 0.153. The number of nitrogens with one attached hydrogen (secondary N) is 3. The lowest BCUT2D eigenvalue weighted by Gasteiger charge is -2.38. The van der Waals surface area contributed by atoms with E-state index in [1.54, 1.807) is 30.7 Å². The van der Waals surface area contributed by atoms with Crippen molar-refractivity contribution in [2.45, 2.75) is 51.2 Å². The average molecular weight is 782 g/mol. The second kappa shape index (κ2) is 15.9. The van der Waals surface area contributed by atoms with Gasteiger partial charge in [-0.15, -0.1) is 0 Å². The van der Waals surface area contributed by atoms with Crippen molar-refractivity contribution >= 4 is 52.5 Å². The number of aromatic nitrogens is 3. The number of amides is 5. The first-order valence-electron chi connectivity index (χ1n) is 19.0. The number of aryl methyl sites for hydroxylation is 1. The van der Waals surface area contributed by atoms with Crippen molar-refractivity contribution in [1.82, 2.24) is 30.1 Å². The number of piperidine rings is 2. The normalized spacial score (nSPS) is 17.1. The molecule has 3 aromatic carbocycles. The van der Waals surface area contributed by atoms with Crippen LogP contribution in [0.3, 0.4) is 0 Å². The highest BCUT2D eigenvalue weighted by molar-refractivity contribution is 6.23. The molecule has 294 valence electrons. The molecule has 0 spiro atoms. The Morgan fingerprint density at radius 3 is 2.41 bits per heavy atom. The van der Waals surface area contributed by atoms with Crippen LogP contribution in [-0.4, -0.2) is 86.5 Å². The molecular formula is C43H40FN9O5. The summed E-state index contributed by atoms with van der Waals surface area (Å²) in [6.45, 7) is 3.67. The predicted molar refractivity (Wildman–Crippen MR) is 214 cm³/mol. The van der Waals surface area contributed by atoms with E-state index in [2.05, 4.69) is 35.8 Å². The summed E-state index contributed by atoms with van der Waals surface area (Å²) in [5.41, 5.74) is 5.70. The number of carbonyl (C=O) groups is 5. The molecule has 2 saturated heterocycles. The van der Waals surface area contributed by atoms with Gasteiger partial charge in [-0.2, -0.15) is 0 Å². The SMILES string of the molecule is Cc1ccc(NC(=O)c2ccc(N3CCC(N(C)Cc4cc5c(cc4F)C(=O)N(C4CCC(=O)NC4=O)C5=O)CC3)cc2)cc1Nc1nccc(-c2cccnc2)n1. The number of anilines is 4. The summed E-state index contributed by atoms with van der Waals surface area (Å²) in [7, 11) is 1.91. The van der Waals surface area contributed by atoms with Gasteiger partial charge in [-0.1, -0.05) is 6.07 Å². The van der Waals surface area contributed by atoms with E-state index in [0.29, 0.717) is 17.2 Å². The first-order valence-corrected chi connectivity index (χ1v) is 19.0. The van der Waals surface area contributed by atoms with Gasteiger partial charge in [0.05, 0.1) is 16.8 Å². The molecule has 0 saturated carbocycles. The van der Waals surface area contributed by atoms with Crippen LogP contribution in [0.25, 0.3) is 11.3 Å². The molecule has 14 nitrogen and oxygen atoms in total. The molecule has 3 aliphatic rings. The van der Waals surface area contributed by atoms with Crippen LogP contribution in [0, 0.1) is 12.7 Å². The zero-order valence-electron chi connectivity index (χ0n) is 31.9. The molecule has 58 heavy (non-hydrogen) atoms. The van der Waals surface area contributed by atoms with Gasteiger partial charge in [-0.3, -0.25) is 44.1 Å². The Morgan fingerprint density at radius 1 is 0.931 bits per heavy atom. The second-order valence-electron chi connectivity index (χ2n) is 14.7. The first kappa shape index (κ1) is 38.0. The molecule has 3 N–H and O–H groups in total. The summed E-state index contributed by atoms with van der Waals surface area (Å²) in [5.74, 6) is -3.00. The lowest BCUT2D eigenvalue weighted by Crippen LogP contribution is -2.54. The van der Waals surface area contributed by atoms with E-state index in [0.717, 1.165) is 65.1 Å². The Kier molecular flexibility index (Phi) is 10.4. The topological polar surface area (TPSA) is 170 Å². The number of hydrogen-bond donors (Lipinski definition) is 3. The van der Waals surface area contributed by atoms with Crippen molar-refractivity contribution < 1.29 is 28.4 Å². The summed E-state index contributed by atoms with van der Waals surface area (Å²) in [5, 5.41) is 8.43. The van der Waals surface area contributed by atoms with E-state index in [4.69, 9.17) is 0 Å². The van der Waals surface area contributed by atoms with E-state index in [9.17, 15) is 24.0 Å². The average Bonchev–Trinajstić information content (AvgIpc) is 3.46. The molecule has 3 aliphatic heterocycles. The molecule has 0 radical (unpaired) electrons. The molecule has 5 aromatic rings. The molecule has 5 amide bonds. The van der Waals surface area contributed by atoms with Gasteiger partial charge in [0.25, 0.3) is 17.7 Å². The Morgan fingerprint density at radius 2 is 1.69 bits per heavy atom. The van der Waals surface area contributed by atoms with Gasteiger partial charge in [0.2, 0.25) is 17.8 Å². The monoisotopic (exact) mass is 781 g/mol. The third-order valence-electron chi connectivity index (χ3n) is 11.0. The van der Waals surface area contributed by atoms with E-state index < -0.39 is 35.5 Å². The lowest BCUT2D eigenvalue weighted by atomic mass is 10.0. The van der Waals surface area contributed by atoms with Gasteiger partial charge in [0, 0.05) is 84.4 Å². The number of pyridine rings is 1. The largest absolute Gasteiger partial charge is 0.371 e. The van der Waals surface area contributed by atoms with Crippen molar-refractivity contribution in [3.8, 4) is 11.3 Å². The molecule has 2 aromatic heterocycles. The Labute approximate surface area is 333 Å². The Hall–Kier alpha value is -6.87. The van der Waals surface area contributed by atoms with Crippen LogP contribution in [0.2, 0.25) is 0 Å². The molecule has 0 aliphatic carbocycles. The fraction of sp³-hybridized carbons (Fsp3) is 0.256. The zero-order chi connectivity index (χ0) is 40.5. The minimum Gasteiger partial charge on any atom is -0.371 e. The van der Waals surface area contributed by atoms with E-state index in [-0.39, 0.29) is 48.0 Å². The first-order chi connectivity index (χ1) is 28.0. The number of carbonyl (C=O) groups excluding carboxylic acids is 5. The highest BCUT2D eigenvalue weighted by atomic mass is 19.1. The standard InChI is InChI=1S/C43H40FN9O5/c1-25-5-8-29(21-36(25)49-43-46-17-13-35(48-43)27-4-3-16-45-23-27)47-39(55)26-6-9-31(10-7-26)52-18-14-30(15-19-52)51(2)24-28-20-32-33(22-34(28)44)42(58)53(41(32)57)37-11-12-38(54)50-40(37)56/h3-10,13,16-17,20-23,30,37H,11-12,14-15,18-19,24H2,1-2H3,(H,47,55)(H,46,48,49)(H,50,54,56). The summed E-state index contributed by atoms with van der Waals surface area (Å²) < 4.78 is 15.4. The van der Waals surface area contributed by atoms with Crippen molar-refractivity contribution in [1.29, 1.82) is 0 Å². The second-order valence-corrected chi connectivity index (χ2v) is 14.7. The van der Waals surface area contributed by atoms with Gasteiger partial charge >= 0.3 is 0 Å². The zero-order valence-corrected chi connectivity index (χ0v) is 31.9. The molecule has 1 unspecified atom stereocenters. The number of fused-ring (bicyclic) bond motifs is 1. The third kappa shape index (κ3) is 7.76. The van der Waals surface area contributed by atoms with Crippen LogP contribution < -0.4 is 20.9 Å². The third-order valence-corrected chi connectivity index (χ3v) is 11.0. The fourth-order valence-corrected chi connectivity index (χ4v) is 7.69. The Bertz CT molecular complexity index is 2440. The van der Waals surface area contributed by atoms with Gasteiger partial charge in [-0.05, 0) is 106 Å². The Balaban J connectivity index is 0.851. The smallest absolute Gasteiger partial charge is 0.262 e. The fourth-order valence-electron chi connectivity index (χ4n) is 7.69. The van der Waals surface area contributed by atoms with Crippen LogP contribution in [0.1, 0.15) is 67.9 Å². The van der Waals surface area contributed by atoms with Crippen molar-refractivity contribution in [3.63, 3.8) is 0 Å². The molecule has 1 atom stereocenters. The van der Waals surface area contributed by atoms with Crippen LogP contribution in [-0.2, 0) is 16.1 Å². The van der Waals surface area contributed by atoms with Gasteiger partial charge in [-0.25, -0.2) is 14.4 Å². The molecule has 5 heterocycles. The van der Waals surface area contributed by atoms with E-state index in [1.807, 2.05) is 67.4 Å². The van der Waals surface area contributed by atoms with Crippen LogP contribution in [0.15, 0.2) is 91.4 Å². The number of hydrogen-bond acceptors (Lipinski definition) is 11. The maximum absolute atomic E-state index is 15.4. The van der Waals surface area contributed by atoms with Crippen molar-refractivity contribution in [2.75, 3.05) is 35.7 Å². The molecule has 8 rings (SSSR count). The lowest BCUT2D eigenvalue weighted by molar-refractivity contribution is -0.136. The van der Waals surface area contributed by atoms with E-state index >= 15 is 4.39 Å². The van der Waals surface area contributed by atoms with Crippen LogP contribution in [0.4, 0.5) is 27.4 Å². The minimum absolute atomic E-state index is 0.00638. The van der Waals surface area contributed by atoms with Crippen molar-refractivity contribution in [3.05, 3.63) is 125 Å². The molecule has 2 fully saturated rings. The number of imide groups is 2. The highest BCUT2D eigenvalue weighted by Gasteiger charge is 2.45. The molecule has 0 bridgehead atoms. The van der Waals surface area contributed by atoms with Crippen molar-refractivity contribution in [2.24, 2.45) is 0 Å². The molecular weight excluding hydrogens is 742 g/mol. The predicted octanol–water partition coefficient (Wildman–Crippen LogP) is 5.48.